The molecule has 0 spiro atoms. The molecule has 5 heteroatoms. The van der Waals surface area contributed by atoms with Crippen molar-refractivity contribution >= 4 is 0 Å². The number of hydrogen-bond donors (Lipinski definition) is 2. The first-order valence-electron chi connectivity index (χ1n) is 4.50. The second-order valence-electron chi connectivity index (χ2n) is 3.94. The van der Waals surface area contributed by atoms with E-state index in [0.717, 1.165) is 0 Å². The van der Waals surface area contributed by atoms with Crippen LogP contribution in [-0.4, -0.2) is 36.9 Å². The van der Waals surface area contributed by atoms with Crippen LogP contribution in [0, 0.1) is 0 Å². The first-order valence-corrected chi connectivity index (χ1v) is 4.50. The summed E-state index contributed by atoms with van der Waals surface area (Å²) < 4.78 is 16.6. The highest BCUT2D eigenvalue weighted by molar-refractivity contribution is 4.96. The van der Waals surface area contributed by atoms with Crippen molar-refractivity contribution in [2.24, 2.45) is 11.5 Å². The fraction of sp³-hybridized carbons (Fsp3) is 1.00. The van der Waals surface area contributed by atoms with Gasteiger partial charge in [0.15, 0.2) is 5.79 Å². The van der Waals surface area contributed by atoms with Gasteiger partial charge in [-0.05, 0) is 13.8 Å². The van der Waals surface area contributed by atoms with E-state index in [1.165, 1.54) is 0 Å². The van der Waals surface area contributed by atoms with Gasteiger partial charge in [0.05, 0.1) is 0 Å². The summed E-state index contributed by atoms with van der Waals surface area (Å²) in [7, 11) is 0. The van der Waals surface area contributed by atoms with Gasteiger partial charge in [-0.15, -0.1) is 0 Å². The first kappa shape index (κ1) is 9.36. The van der Waals surface area contributed by atoms with Gasteiger partial charge in [-0.3, -0.25) is 0 Å². The lowest BCUT2D eigenvalue weighted by Crippen LogP contribution is -2.35. The minimum Gasteiger partial charge on any atom is -0.353 e. The lowest BCUT2D eigenvalue weighted by Gasteiger charge is -2.22. The second kappa shape index (κ2) is 2.90. The molecule has 13 heavy (non-hydrogen) atoms. The van der Waals surface area contributed by atoms with E-state index in [4.69, 9.17) is 25.7 Å². The van der Waals surface area contributed by atoms with Gasteiger partial charge in [0.1, 0.15) is 24.5 Å². The van der Waals surface area contributed by atoms with E-state index in [0.29, 0.717) is 6.54 Å². The average molecular weight is 188 g/mol. The maximum Gasteiger partial charge on any atom is 0.164 e. The Morgan fingerprint density at radius 1 is 1.23 bits per heavy atom. The van der Waals surface area contributed by atoms with Crippen LogP contribution in [0.5, 0.6) is 0 Å². The molecular formula is C8H16N2O3. The summed E-state index contributed by atoms with van der Waals surface area (Å²) >= 11 is 0. The zero-order valence-corrected chi connectivity index (χ0v) is 7.90. The van der Waals surface area contributed by atoms with Crippen LogP contribution < -0.4 is 11.5 Å². The van der Waals surface area contributed by atoms with Gasteiger partial charge in [0.25, 0.3) is 0 Å². The molecule has 2 aliphatic rings. The predicted octanol–water partition coefficient (Wildman–Crippen LogP) is -0.851. The molecule has 0 radical (unpaired) electrons. The highest BCUT2D eigenvalue weighted by atomic mass is 16.8. The highest BCUT2D eigenvalue weighted by Gasteiger charge is 2.53. The molecule has 2 rings (SSSR count). The normalized spacial score (nSPS) is 48.0. The Kier molecular flexibility index (Phi) is 2.08. The van der Waals surface area contributed by atoms with Crippen LogP contribution in [0.3, 0.4) is 0 Å². The maximum atomic E-state index is 5.72. The summed E-state index contributed by atoms with van der Waals surface area (Å²) in [5.74, 6) is -0.565. The molecule has 76 valence electrons. The fourth-order valence-electron chi connectivity index (χ4n) is 1.91. The molecule has 4 atom stereocenters. The van der Waals surface area contributed by atoms with Crippen molar-refractivity contribution in [3.63, 3.8) is 0 Å². The average Bonchev–Trinajstić information content (AvgIpc) is 2.47. The van der Waals surface area contributed by atoms with Gasteiger partial charge in [-0.25, -0.2) is 0 Å². The van der Waals surface area contributed by atoms with Crippen LogP contribution in [0.4, 0.5) is 0 Å². The molecular weight excluding hydrogens is 172 g/mol. The quantitative estimate of drug-likeness (QED) is 0.560. The van der Waals surface area contributed by atoms with Crippen molar-refractivity contribution in [1.82, 2.24) is 0 Å². The van der Waals surface area contributed by atoms with Crippen molar-refractivity contribution in [3.05, 3.63) is 0 Å². The van der Waals surface area contributed by atoms with E-state index in [2.05, 4.69) is 0 Å². The van der Waals surface area contributed by atoms with E-state index >= 15 is 0 Å². The van der Waals surface area contributed by atoms with Gasteiger partial charge in [0.2, 0.25) is 0 Å². The van der Waals surface area contributed by atoms with Crippen LogP contribution in [0.15, 0.2) is 0 Å². The molecule has 0 saturated carbocycles. The van der Waals surface area contributed by atoms with Gasteiger partial charge < -0.3 is 25.7 Å². The topological polar surface area (TPSA) is 79.7 Å². The number of fused-ring (bicyclic) bond motifs is 1. The smallest absolute Gasteiger partial charge is 0.164 e. The lowest BCUT2D eigenvalue weighted by molar-refractivity contribution is -0.185. The van der Waals surface area contributed by atoms with Crippen LogP contribution in [-0.2, 0) is 14.2 Å². The monoisotopic (exact) mass is 188 g/mol. The van der Waals surface area contributed by atoms with Gasteiger partial charge in [-0.2, -0.15) is 0 Å². The number of hydrogen-bond acceptors (Lipinski definition) is 5. The predicted molar refractivity (Wildman–Crippen MR) is 45.7 cm³/mol. The SMILES string of the molecule is CC1(C)O[C@H]2[C@H](N)OC(CN)[C@H]2O1. The van der Waals surface area contributed by atoms with E-state index < -0.39 is 12.0 Å². The highest BCUT2D eigenvalue weighted by Crippen LogP contribution is 2.36. The van der Waals surface area contributed by atoms with Crippen molar-refractivity contribution in [2.45, 2.75) is 44.2 Å². The molecule has 4 N–H and O–H groups in total. The third kappa shape index (κ3) is 1.47. The summed E-state index contributed by atoms with van der Waals surface area (Å²) in [5, 5.41) is 0. The third-order valence-electron chi connectivity index (χ3n) is 2.42. The summed E-state index contributed by atoms with van der Waals surface area (Å²) in [4.78, 5) is 0. The number of ether oxygens (including phenoxy) is 3. The molecule has 2 heterocycles. The Balaban J connectivity index is 2.12. The Bertz CT molecular complexity index is 210. The molecule has 5 nitrogen and oxygen atoms in total. The zero-order chi connectivity index (χ0) is 9.64. The van der Waals surface area contributed by atoms with Crippen LogP contribution in [0.1, 0.15) is 13.8 Å². The van der Waals surface area contributed by atoms with Crippen molar-refractivity contribution in [1.29, 1.82) is 0 Å². The molecule has 0 aliphatic carbocycles. The fourth-order valence-corrected chi connectivity index (χ4v) is 1.91. The molecule has 2 aliphatic heterocycles. The minimum absolute atomic E-state index is 0.116. The molecule has 0 bridgehead atoms. The third-order valence-corrected chi connectivity index (χ3v) is 2.42. The summed E-state index contributed by atoms with van der Waals surface area (Å²) in [6.45, 7) is 4.14. The first-order chi connectivity index (χ1) is 6.03. The van der Waals surface area contributed by atoms with Gasteiger partial charge >= 0.3 is 0 Å². The Hall–Kier alpha value is -0.200. The molecule has 1 unspecified atom stereocenters. The van der Waals surface area contributed by atoms with Crippen molar-refractivity contribution < 1.29 is 14.2 Å². The molecule has 0 aromatic carbocycles. The van der Waals surface area contributed by atoms with E-state index in [9.17, 15) is 0 Å². The molecule has 2 fully saturated rings. The Morgan fingerprint density at radius 3 is 2.46 bits per heavy atom. The molecule has 2 saturated heterocycles. The number of rotatable bonds is 1. The Labute approximate surface area is 77.3 Å². The van der Waals surface area contributed by atoms with Crippen molar-refractivity contribution in [3.8, 4) is 0 Å². The zero-order valence-electron chi connectivity index (χ0n) is 7.90. The summed E-state index contributed by atoms with van der Waals surface area (Å²) in [5.41, 5.74) is 11.2. The van der Waals surface area contributed by atoms with Crippen molar-refractivity contribution in [2.75, 3.05) is 6.54 Å². The maximum absolute atomic E-state index is 5.72. The van der Waals surface area contributed by atoms with E-state index in [-0.39, 0.29) is 18.3 Å². The van der Waals surface area contributed by atoms with Crippen LogP contribution >= 0.6 is 0 Å². The second-order valence-corrected chi connectivity index (χ2v) is 3.94. The standard InChI is InChI=1S/C8H16N2O3/c1-8(2)12-5-4(3-9)11-7(10)6(5)13-8/h4-7H,3,9-10H2,1-2H3/t4?,5-,6-,7-/m1/s1. The molecule has 0 aromatic heterocycles. The minimum atomic E-state index is -0.565. The molecule has 0 amide bonds. The van der Waals surface area contributed by atoms with Crippen LogP contribution in [0.2, 0.25) is 0 Å². The number of nitrogens with two attached hydrogens (primary N) is 2. The molecule has 0 aromatic rings. The largest absolute Gasteiger partial charge is 0.353 e. The summed E-state index contributed by atoms with van der Waals surface area (Å²) in [6, 6.07) is 0. The summed E-state index contributed by atoms with van der Waals surface area (Å²) in [6.07, 6.45) is -0.847. The van der Waals surface area contributed by atoms with Gasteiger partial charge in [-0.1, -0.05) is 0 Å². The van der Waals surface area contributed by atoms with E-state index in [1.54, 1.807) is 0 Å². The Morgan fingerprint density at radius 2 is 1.85 bits per heavy atom. The van der Waals surface area contributed by atoms with Crippen LogP contribution in [0.25, 0.3) is 0 Å². The van der Waals surface area contributed by atoms with Gasteiger partial charge in [0, 0.05) is 6.54 Å². The lowest BCUT2D eigenvalue weighted by atomic mass is 10.1. The van der Waals surface area contributed by atoms with E-state index in [1.807, 2.05) is 13.8 Å².